The average Bonchev–Trinajstić information content (AvgIpc) is 2.99. The number of hydrogen-bond donors (Lipinski definition) is 2. The molecule has 2 aliphatic rings. The fraction of sp³-hybridized carbons (Fsp3) is 0.267. The summed E-state index contributed by atoms with van der Waals surface area (Å²) in [5.41, 5.74) is 1.05. The molecule has 0 aliphatic heterocycles. The molecule has 14 heteroatoms. The quantitative estimate of drug-likeness (QED) is 0.149. The van der Waals surface area contributed by atoms with Crippen LogP contribution in [-0.4, -0.2) is 51.2 Å². The largest absolute Gasteiger partial charge is 0.494 e. The van der Waals surface area contributed by atoms with E-state index in [2.05, 4.69) is 20.5 Å². The third-order valence-corrected chi connectivity index (χ3v) is 8.40. The second-order valence-electron chi connectivity index (χ2n) is 9.56. The van der Waals surface area contributed by atoms with Crippen LogP contribution in [0.5, 0.6) is 11.5 Å². The van der Waals surface area contributed by atoms with Gasteiger partial charge >= 0.3 is 0 Å². The van der Waals surface area contributed by atoms with Gasteiger partial charge in [0.25, 0.3) is 20.2 Å². The molecule has 0 radical (unpaired) electrons. The van der Waals surface area contributed by atoms with E-state index >= 15 is 0 Å². The smallest absolute Gasteiger partial charge is 0.291 e. The maximum atomic E-state index is 12.2. The van der Waals surface area contributed by atoms with Crippen molar-refractivity contribution in [3.05, 3.63) is 107 Å². The molecule has 12 nitrogen and oxygen atoms in total. The van der Waals surface area contributed by atoms with Gasteiger partial charge in [0, 0.05) is 11.8 Å². The summed E-state index contributed by atoms with van der Waals surface area (Å²) < 4.78 is 79.5. The zero-order chi connectivity index (χ0) is 31.7. The molecule has 0 amide bonds. The molecule has 232 valence electrons. The zero-order valence-corrected chi connectivity index (χ0v) is 25.5. The van der Waals surface area contributed by atoms with E-state index in [1.165, 1.54) is 36.5 Å². The molecule has 2 aromatic rings. The second kappa shape index (κ2) is 14.5. The zero-order valence-electron chi connectivity index (χ0n) is 23.9. The Morgan fingerprint density at radius 1 is 0.636 bits per heavy atom. The summed E-state index contributed by atoms with van der Waals surface area (Å²) >= 11 is 0. The van der Waals surface area contributed by atoms with Gasteiger partial charge in [0.15, 0.2) is 0 Å². The Morgan fingerprint density at radius 3 is 1.32 bits per heavy atom. The van der Waals surface area contributed by atoms with Crippen molar-refractivity contribution < 1.29 is 35.4 Å². The van der Waals surface area contributed by atoms with Crippen LogP contribution in [0.15, 0.2) is 127 Å². The first-order valence-electron chi connectivity index (χ1n) is 13.7. The average molecular weight is 641 g/mol. The molecule has 44 heavy (non-hydrogen) atoms. The molecule has 0 aromatic heterocycles. The molecule has 0 fully saturated rings. The molecular weight excluding hydrogens is 608 g/mol. The van der Waals surface area contributed by atoms with Crippen molar-refractivity contribution in [1.82, 2.24) is 0 Å². The molecule has 0 heterocycles. The van der Waals surface area contributed by atoms with Crippen molar-refractivity contribution in [3.63, 3.8) is 0 Å². The molecule has 2 aromatic carbocycles. The van der Waals surface area contributed by atoms with Gasteiger partial charge in [-0.25, -0.2) is 0 Å². The first kappa shape index (κ1) is 32.7. The lowest BCUT2D eigenvalue weighted by atomic mass is 9.95. The SMILES string of the molecule is CCOc1ccc(N=NC2C=CC(/C=C/C3C=CC(N=Nc4ccc(OCC)cc4)C=C3S(=O)(=O)O)C(S(=O)(=O)O)=C2)cc1. The number of nitrogens with zero attached hydrogens (tertiary/aromatic N) is 4. The highest BCUT2D eigenvalue weighted by molar-refractivity contribution is 7.90. The minimum Gasteiger partial charge on any atom is -0.494 e. The van der Waals surface area contributed by atoms with Crippen LogP contribution in [-0.2, 0) is 20.2 Å². The van der Waals surface area contributed by atoms with Gasteiger partial charge in [-0.2, -0.15) is 37.3 Å². The molecule has 0 saturated carbocycles. The molecule has 4 unspecified atom stereocenters. The molecule has 2 N–H and O–H groups in total. The van der Waals surface area contributed by atoms with E-state index in [4.69, 9.17) is 9.47 Å². The van der Waals surface area contributed by atoms with Gasteiger partial charge in [0.05, 0.1) is 34.4 Å². The van der Waals surface area contributed by atoms with Gasteiger partial charge in [-0.05, 0) is 74.5 Å². The summed E-state index contributed by atoms with van der Waals surface area (Å²) in [6.45, 7) is 4.79. The van der Waals surface area contributed by atoms with Crippen molar-refractivity contribution in [2.45, 2.75) is 25.9 Å². The van der Waals surface area contributed by atoms with E-state index in [9.17, 15) is 25.9 Å². The van der Waals surface area contributed by atoms with E-state index in [0.29, 0.717) is 36.1 Å². The Balaban J connectivity index is 1.49. The van der Waals surface area contributed by atoms with Crippen molar-refractivity contribution >= 4 is 31.6 Å². The van der Waals surface area contributed by atoms with E-state index in [-0.39, 0.29) is 9.81 Å². The molecule has 4 atom stereocenters. The molecule has 0 bridgehead atoms. The molecule has 0 spiro atoms. The number of rotatable bonds is 12. The van der Waals surface area contributed by atoms with Crippen LogP contribution in [0.3, 0.4) is 0 Å². The minimum atomic E-state index is -4.64. The summed E-state index contributed by atoms with van der Waals surface area (Å²) in [6.07, 6.45) is 11.6. The highest BCUT2D eigenvalue weighted by Crippen LogP contribution is 2.31. The third kappa shape index (κ3) is 9.13. The second-order valence-corrected chi connectivity index (χ2v) is 12.4. The summed E-state index contributed by atoms with van der Waals surface area (Å²) in [5, 5.41) is 16.5. The number of ether oxygens (including phenoxy) is 2. The Bertz CT molecular complexity index is 1610. The van der Waals surface area contributed by atoms with Crippen LogP contribution < -0.4 is 9.47 Å². The lowest BCUT2D eigenvalue weighted by Gasteiger charge is -2.20. The summed E-state index contributed by atoms with van der Waals surface area (Å²) in [7, 11) is -9.28. The predicted molar refractivity (Wildman–Crippen MR) is 165 cm³/mol. The minimum absolute atomic E-state index is 0.342. The molecule has 0 saturated heterocycles. The van der Waals surface area contributed by atoms with E-state index < -0.39 is 44.2 Å². The van der Waals surface area contributed by atoms with Crippen molar-refractivity contribution in [2.75, 3.05) is 13.2 Å². The van der Waals surface area contributed by atoms with Gasteiger partial charge in [0.1, 0.15) is 23.6 Å². The van der Waals surface area contributed by atoms with E-state index in [1.54, 1.807) is 60.7 Å². The van der Waals surface area contributed by atoms with E-state index in [1.807, 2.05) is 13.8 Å². The number of benzene rings is 2. The molecule has 4 rings (SSSR count). The lowest BCUT2D eigenvalue weighted by Crippen LogP contribution is -2.18. The Labute approximate surface area is 256 Å². The van der Waals surface area contributed by atoms with Crippen LogP contribution in [0, 0.1) is 11.8 Å². The standard InChI is InChI=1S/C30H32N4O8S2/c1-3-41-27-15-11-23(12-16-27)31-33-25-9-7-21(29(19-25)43(35,36)37)5-6-22-8-10-26(20-30(22)44(38,39)40)34-32-24-13-17-28(18-14-24)42-4-2/h5-22,25-26H,3-4H2,1-2H3,(H,35,36,37)(H,38,39,40)/b6-5+,33-31?,34-32?. The van der Waals surface area contributed by atoms with E-state index in [0.717, 1.165) is 0 Å². The van der Waals surface area contributed by atoms with Crippen molar-refractivity contribution in [3.8, 4) is 11.5 Å². The fourth-order valence-corrected chi connectivity index (χ4v) is 5.99. The predicted octanol–water partition coefficient (Wildman–Crippen LogP) is 6.56. The Morgan fingerprint density at radius 2 is 1.00 bits per heavy atom. The van der Waals surface area contributed by atoms with Crippen LogP contribution in [0.25, 0.3) is 0 Å². The normalized spacial score (nSPS) is 22.5. The van der Waals surface area contributed by atoms with Gasteiger partial charge in [0.2, 0.25) is 0 Å². The van der Waals surface area contributed by atoms with Crippen LogP contribution in [0.4, 0.5) is 11.4 Å². The highest BCUT2D eigenvalue weighted by Gasteiger charge is 2.28. The summed E-state index contributed by atoms with van der Waals surface area (Å²) in [6, 6.07) is 12.2. The van der Waals surface area contributed by atoms with Gasteiger partial charge in [-0.15, -0.1) is 0 Å². The molecular formula is C30H32N4O8S2. The van der Waals surface area contributed by atoms with Gasteiger partial charge in [-0.3, -0.25) is 9.11 Å². The molecule has 2 aliphatic carbocycles. The monoisotopic (exact) mass is 640 g/mol. The maximum Gasteiger partial charge on any atom is 0.291 e. The highest BCUT2D eigenvalue weighted by atomic mass is 32.2. The maximum absolute atomic E-state index is 12.2. The van der Waals surface area contributed by atoms with Gasteiger partial charge in [-0.1, -0.05) is 36.5 Å². The van der Waals surface area contributed by atoms with Gasteiger partial charge < -0.3 is 9.47 Å². The third-order valence-electron chi connectivity index (χ3n) is 6.39. The Hall–Kier alpha value is -4.24. The van der Waals surface area contributed by atoms with Crippen LogP contribution in [0.1, 0.15) is 13.8 Å². The van der Waals surface area contributed by atoms with Crippen molar-refractivity contribution in [1.29, 1.82) is 0 Å². The summed E-state index contributed by atoms with van der Waals surface area (Å²) in [5.74, 6) is -0.489. The topological polar surface area (TPSA) is 177 Å². The van der Waals surface area contributed by atoms with Crippen LogP contribution >= 0.6 is 0 Å². The van der Waals surface area contributed by atoms with Crippen LogP contribution in [0.2, 0.25) is 0 Å². The first-order valence-corrected chi connectivity index (χ1v) is 16.5. The number of azo groups is 2. The Kier molecular flexibility index (Phi) is 10.8. The fourth-order valence-electron chi connectivity index (χ4n) is 4.36. The summed E-state index contributed by atoms with van der Waals surface area (Å²) in [4.78, 5) is -0.683. The number of hydrogen-bond acceptors (Lipinski definition) is 10. The lowest BCUT2D eigenvalue weighted by molar-refractivity contribution is 0.340. The number of allylic oxidation sites excluding steroid dienone is 6. The van der Waals surface area contributed by atoms with Crippen molar-refractivity contribution in [2.24, 2.45) is 32.3 Å². The first-order chi connectivity index (χ1) is 21.0.